The Hall–Kier alpha value is -2.33. The number of anilines is 1. The minimum Gasteiger partial charge on any atom is -0.404 e. The Morgan fingerprint density at radius 1 is 1.33 bits per heavy atom. The summed E-state index contributed by atoms with van der Waals surface area (Å²) in [4.78, 5) is 4.55. The lowest BCUT2D eigenvalue weighted by Gasteiger charge is -2.30. The summed E-state index contributed by atoms with van der Waals surface area (Å²) in [5.41, 5.74) is 10.6. The Labute approximate surface area is 143 Å². The summed E-state index contributed by atoms with van der Waals surface area (Å²) < 4.78 is 0. The normalized spacial score (nSPS) is 22.7. The highest BCUT2D eigenvalue weighted by molar-refractivity contribution is 5.85. The predicted molar refractivity (Wildman–Crippen MR) is 104 cm³/mol. The highest BCUT2D eigenvalue weighted by Crippen LogP contribution is 2.27. The molecule has 3 rings (SSSR count). The van der Waals surface area contributed by atoms with Crippen molar-refractivity contribution in [2.75, 3.05) is 18.4 Å². The third kappa shape index (κ3) is 3.44. The summed E-state index contributed by atoms with van der Waals surface area (Å²) in [7, 11) is 0. The topological polar surface area (TPSA) is 62.4 Å². The molecule has 1 saturated heterocycles. The lowest BCUT2D eigenvalue weighted by Crippen LogP contribution is -2.52. The summed E-state index contributed by atoms with van der Waals surface area (Å²) in [6, 6.07) is 4.92. The van der Waals surface area contributed by atoms with Crippen LogP contribution in [0.1, 0.15) is 31.7 Å². The zero-order valence-electron chi connectivity index (χ0n) is 14.5. The number of hydrogen-bond acceptors (Lipinski definition) is 4. The van der Waals surface area contributed by atoms with E-state index in [1.807, 2.05) is 12.2 Å². The molecule has 1 fully saturated rings. The molecule has 126 valence electrons. The first-order valence-electron chi connectivity index (χ1n) is 8.49. The van der Waals surface area contributed by atoms with Crippen molar-refractivity contribution in [2.24, 2.45) is 10.7 Å². The molecule has 4 heteroatoms. The summed E-state index contributed by atoms with van der Waals surface area (Å²) in [6.45, 7) is 9.98. The van der Waals surface area contributed by atoms with E-state index in [2.05, 4.69) is 54.3 Å². The molecule has 0 amide bonds. The largest absolute Gasteiger partial charge is 0.404 e. The molecule has 0 aromatic heterocycles. The van der Waals surface area contributed by atoms with E-state index in [4.69, 9.17) is 5.73 Å². The fourth-order valence-corrected chi connectivity index (χ4v) is 3.36. The molecular formula is C20H26N4. The molecule has 2 aliphatic rings. The molecule has 0 spiro atoms. The highest BCUT2D eigenvalue weighted by Gasteiger charge is 2.19. The number of nitrogens with zero attached hydrogens (tertiary/aromatic N) is 1. The van der Waals surface area contributed by atoms with Gasteiger partial charge >= 0.3 is 0 Å². The van der Waals surface area contributed by atoms with Gasteiger partial charge < -0.3 is 16.4 Å². The molecule has 1 unspecified atom stereocenters. The van der Waals surface area contributed by atoms with Gasteiger partial charge in [0.1, 0.15) is 0 Å². The van der Waals surface area contributed by atoms with E-state index < -0.39 is 0 Å². The van der Waals surface area contributed by atoms with Gasteiger partial charge in [0.2, 0.25) is 0 Å². The molecule has 1 aromatic carbocycles. The van der Waals surface area contributed by atoms with Crippen molar-refractivity contribution in [3.8, 4) is 0 Å². The molecule has 1 atom stereocenters. The molecule has 2 aliphatic heterocycles. The van der Waals surface area contributed by atoms with Crippen molar-refractivity contribution in [3.05, 3.63) is 52.6 Å². The molecule has 0 bridgehead atoms. The van der Waals surface area contributed by atoms with Gasteiger partial charge in [0, 0.05) is 47.5 Å². The average Bonchev–Trinajstić information content (AvgIpc) is 2.50. The van der Waals surface area contributed by atoms with Crippen LogP contribution in [-0.4, -0.2) is 24.8 Å². The molecule has 24 heavy (non-hydrogen) atoms. The first-order chi connectivity index (χ1) is 11.6. The van der Waals surface area contributed by atoms with E-state index in [0.717, 1.165) is 41.3 Å². The maximum Gasteiger partial charge on any atom is 0.0510 e. The number of rotatable bonds is 4. The number of hydrogen-bond donors (Lipinski definition) is 3. The van der Waals surface area contributed by atoms with Crippen LogP contribution in [-0.2, 0) is 0 Å². The van der Waals surface area contributed by atoms with Crippen LogP contribution in [0.15, 0.2) is 41.6 Å². The Balaban J connectivity index is 2.08. The van der Waals surface area contributed by atoms with E-state index in [0.29, 0.717) is 12.0 Å². The van der Waals surface area contributed by atoms with Gasteiger partial charge in [-0.1, -0.05) is 30.9 Å². The third-order valence-electron chi connectivity index (χ3n) is 4.59. The molecule has 2 heterocycles. The Bertz CT molecular complexity index is 813. The first kappa shape index (κ1) is 16.5. The summed E-state index contributed by atoms with van der Waals surface area (Å²) >= 11 is 0. The van der Waals surface area contributed by atoms with Crippen LogP contribution in [0.5, 0.6) is 0 Å². The highest BCUT2D eigenvalue weighted by atomic mass is 15.1. The summed E-state index contributed by atoms with van der Waals surface area (Å²) in [5, 5.41) is 9.05. The number of benzene rings is 1. The van der Waals surface area contributed by atoms with Crippen molar-refractivity contribution >= 4 is 23.7 Å². The first-order valence-corrected chi connectivity index (χ1v) is 8.49. The number of nitrogens with one attached hydrogen (secondary N) is 2. The van der Waals surface area contributed by atoms with Crippen LogP contribution >= 0.6 is 0 Å². The van der Waals surface area contributed by atoms with Crippen molar-refractivity contribution < 1.29 is 0 Å². The number of allylic oxidation sites excluding steroid dienone is 3. The molecule has 1 aromatic rings. The lowest BCUT2D eigenvalue weighted by molar-refractivity contribution is 0.472. The van der Waals surface area contributed by atoms with E-state index in [1.165, 1.54) is 11.3 Å². The number of nitrogens with two attached hydrogens (primary N) is 1. The van der Waals surface area contributed by atoms with Gasteiger partial charge in [0.05, 0.1) is 6.04 Å². The van der Waals surface area contributed by atoms with Crippen LogP contribution in [0.25, 0.3) is 12.3 Å². The van der Waals surface area contributed by atoms with Crippen molar-refractivity contribution in [3.63, 3.8) is 0 Å². The quantitative estimate of drug-likeness (QED) is 0.789. The molecule has 4 N–H and O–H groups in total. The van der Waals surface area contributed by atoms with E-state index in [1.54, 1.807) is 6.20 Å². The van der Waals surface area contributed by atoms with Gasteiger partial charge in [-0.05, 0) is 37.1 Å². The maximum atomic E-state index is 5.92. The van der Waals surface area contributed by atoms with Crippen LogP contribution in [0, 0.1) is 0 Å². The molecular weight excluding hydrogens is 296 g/mol. The van der Waals surface area contributed by atoms with Crippen LogP contribution in [0.4, 0.5) is 5.69 Å². The maximum absolute atomic E-state index is 5.92. The molecule has 0 saturated carbocycles. The van der Waals surface area contributed by atoms with Gasteiger partial charge in [0.15, 0.2) is 0 Å². The Morgan fingerprint density at radius 3 is 2.71 bits per heavy atom. The van der Waals surface area contributed by atoms with Crippen LogP contribution < -0.4 is 26.8 Å². The van der Waals surface area contributed by atoms with Gasteiger partial charge in [-0.25, -0.2) is 0 Å². The smallest absolute Gasteiger partial charge is 0.0510 e. The minimum atomic E-state index is 0.353. The van der Waals surface area contributed by atoms with Crippen molar-refractivity contribution in [2.45, 2.75) is 32.2 Å². The summed E-state index contributed by atoms with van der Waals surface area (Å²) in [5.74, 6) is 0.353. The fourth-order valence-electron chi connectivity index (χ4n) is 3.36. The Kier molecular flexibility index (Phi) is 4.86. The predicted octanol–water partition coefficient (Wildman–Crippen LogP) is 1.59. The van der Waals surface area contributed by atoms with Gasteiger partial charge in [0.25, 0.3) is 0 Å². The second-order valence-corrected chi connectivity index (χ2v) is 6.61. The van der Waals surface area contributed by atoms with Gasteiger partial charge in [-0.15, -0.1) is 0 Å². The second kappa shape index (κ2) is 7.05. The Morgan fingerprint density at radius 2 is 2.12 bits per heavy atom. The molecule has 0 radical (unpaired) electrons. The van der Waals surface area contributed by atoms with Crippen LogP contribution in [0.3, 0.4) is 0 Å². The van der Waals surface area contributed by atoms with Crippen molar-refractivity contribution in [1.82, 2.24) is 5.32 Å². The fraction of sp³-hybridized carbons (Fsp3) is 0.350. The standard InChI is InChI=1S/C20H26N4/c1-4-5-15-8-17(16-6-13(2)23-14(3)7-16)9-20(19(15)10-21)24-18-11-22-12-18/h4-6,8-10,16,18,22,24H,1,7,11-12,21H2,2-3H3/b15-5-,19-10+. The van der Waals surface area contributed by atoms with E-state index in [-0.39, 0.29) is 0 Å². The lowest BCUT2D eigenvalue weighted by atomic mass is 9.89. The van der Waals surface area contributed by atoms with Gasteiger partial charge in [-0.2, -0.15) is 0 Å². The van der Waals surface area contributed by atoms with Crippen molar-refractivity contribution in [1.29, 1.82) is 0 Å². The third-order valence-corrected chi connectivity index (χ3v) is 4.59. The van der Waals surface area contributed by atoms with Gasteiger partial charge in [-0.3, -0.25) is 4.99 Å². The zero-order valence-corrected chi connectivity index (χ0v) is 14.5. The minimum absolute atomic E-state index is 0.353. The number of aliphatic imine (C=N–C) groups is 1. The SMILES string of the molecule is C=C/C=c1/cc(C2C=C(C)N=C(C)C2)cc(NC2CNC2)/c1=C/N. The average molecular weight is 322 g/mol. The molecule has 4 nitrogen and oxygen atoms in total. The zero-order chi connectivity index (χ0) is 17.1. The monoisotopic (exact) mass is 322 g/mol. The van der Waals surface area contributed by atoms with Crippen LogP contribution in [0.2, 0.25) is 0 Å². The van der Waals surface area contributed by atoms with E-state index in [9.17, 15) is 0 Å². The molecule has 0 aliphatic carbocycles. The van der Waals surface area contributed by atoms with E-state index >= 15 is 0 Å². The second-order valence-electron chi connectivity index (χ2n) is 6.61. The summed E-state index contributed by atoms with van der Waals surface area (Å²) in [6.07, 6.45) is 8.73.